The van der Waals surface area contributed by atoms with Crippen molar-refractivity contribution in [1.82, 2.24) is 24.5 Å². The Hall–Kier alpha value is -2.68. The smallest absolute Gasteiger partial charge is 0.274 e. The molecule has 0 aromatic carbocycles. The van der Waals surface area contributed by atoms with E-state index >= 15 is 0 Å². The van der Waals surface area contributed by atoms with Crippen LogP contribution >= 0.6 is 0 Å². The number of morpholine rings is 1. The molecule has 0 bridgehead atoms. The lowest BCUT2D eigenvalue weighted by Gasteiger charge is -2.27. The molecule has 3 heterocycles. The van der Waals surface area contributed by atoms with Crippen molar-refractivity contribution in [2.45, 2.75) is 33.4 Å². The second-order valence-corrected chi connectivity index (χ2v) is 6.21. The minimum Gasteiger partial charge on any atom is -0.378 e. The second kappa shape index (κ2) is 8.13. The first kappa shape index (κ1) is 18.1. The van der Waals surface area contributed by atoms with Crippen LogP contribution in [0.3, 0.4) is 0 Å². The summed E-state index contributed by atoms with van der Waals surface area (Å²) in [6.07, 6.45) is 5.44. The maximum absolute atomic E-state index is 12.9. The van der Waals surface area contributed by atoms with Crippen molar-refractivity contribution in [3.05, 3.63) is 29.8 Å². The predicted molar refractivity (Wildman–Crippen MR) is 94.8 cm³/mol. The first-order chi connectivity index (χ1) is 12.6. The first-order valence-electron chi connectivity index (χ1n) is 8.80. The molecule has 1 saturated heterocycles. The number of hydrogen-bond acceptors (Lipinski definition) is 5. The zero-order valence-corrected chi connectivity index (χ0v) is 15.1. The van der Waals surface area contributed by atoms with E-state index in [2.05, 4.69) is 15.5 Å². The van der Waals surface area contributed by atoms with Gasteiger partial charge in [0.25, 0.3) is 5.91 Å². The van der Waals surface area contributed by atoms with Gasteiger partial charge in [-0.05, 0) is 19.4 Å². The van der Waals surface area contributed by atoms with Gasteiger partial charge in [0.2, 0.25) is 5.91 Å². The normalized spacial score (nSPS) is 14.5. The molecule has 0 atom stereocenters. The standard InChI is InChI=1S/C17H24N6O3/c1-3-23-16(17(25)21-6-8-26-9-7-21)14(11-19-23)20-15(24)4-5-22-12-13(2)10-18-22/h10-12H,3-9H2,1-2H3,(H,20,24). The molecular formula is C17H24N6O3. The molecule has 9 heteroatoms. The third-order valence-corrected chi connectivity index (χ3v) is 4.24. The van der Waals surface area contributed by atoms with E-state index in [1.165, 1.54) is 6.20 Å². The second-order valence-electron chi connectivity index (χ2n) is 6.21. The highest BCUT2D eigenvalue weighted by Gasteiger charge is 2.25. The fourth-order valence-electron chi connectivity index (χ4n) is 2.88. The van der Waals surface area contributed by atoms with E-state index in [1.807, 2.05) is 20.0 Å². The maximum Gasteiger partial charge on any atom is 0.274 e. The number of hydrogen-bond donors (Lipinski definition) is 1. The van der Waals surface area contributed by atoms with Gasteiger partial charge in [0.1, 0.15) is 5.69 Å². The van der Waals surface area contributed by atoms with Crippen LogP contribution in [0.25, 0.3) is 0 Å². The van der Waals surface area contributed by atoms with E-state index in [4.69, 9.17) is 4.74 Å². The number of anilines is 1. The summed E-state index contributed by atoms with van der Waals surface area (Å²) in [5, 5.41) is 11.2. The Labute approximate surface area is 151 Å². The SMILES string of the molecule is CCn1ncc(NC(=O)CCn2cc(C)cn2)c1C(=O)N1CCOCC1. The highest BCUT2D eigenvalue weighted by molar-refractivity contribution is 6.02. The monoisotopic (exact) mass is 360 g/mol. The van der Waals surface area contributed by atoms with Crippen molar-refractivity contribution in [1.29, 1.82) is 0 Å². The highest BCUT2D eigenvalue weighted by Crippen LogP contribution is 2.19. The molecule has 2 amide bonds. The van der Waals surface area contributed by atoms with Gasteiger partial charge in [0.05, 0.1) is 31.3 Å². The Morgan fingerprint density at radius 1 is 1.23 bits per heavy atom. The summed E-state index contributed by atoms with van der Waals surface area (Å²) in [4.78, 5) is 26.9. The van der Waals surface area contributed by atoms with E-state index in [1.54, 1.807) is 20.5 Å². The average Bonchev–Trinajstić information content (AvgIpc) is 3.26. The molecule has 2 aromatic rings. The van der Waals surface area contributed by atoms with E-state index < -0.39 is 0 Å². The van der Waals surface area contributed by atoms with E-state index in [9.17, 15) is 9.59 Å². The summed E-state index contributed by atoms with van der Waals surface area (Å²) in [7, 11) is 0. The minimum atomic E-state index is -0.176. The number of carbonyl (C=O) groups is 2. The third kappa shape index (κ3) is 4.10. The molecule has 26 heavy (non-hydrogen) atoms. The van der Waals surface area contributed by atoms with Crippen LogP contribution in [0, 0.1) is 6.92 Å². The predicted octanol–water partition coefficient (Wildman–Crippen LogP) is 0.909. The average molecular weight is 360 g/mol. The Bertz CT molecular complexity index is 775. The molecule has 0 unspecified atom stereocenters. The van der Waals surface area contributed by atoms with Crippen LogP contribution in [0.4, 0.5) is 5.69 Å². The van der Waals surface area contributed by atoms with Crippen molar-refractivity contribution in [2.75, 3.05) is 31.6 Å². The summed E-state index contributed by atoms with van der Waals surface area (Å²) in [5.74, 6) is -0.310. The fourth-order valence-corrected chi connectivity index (χ4v) is 2.88. The topological polar surface area (TPSA) is 94.3 Å². The molecule has 9 nitrogen and oxygen atoms in total. The van der Waals surface area contributed by atoms with Crippen molar-refractivity contribution in [3.8, 4) is 0 Å². The fraction of sp³-hybridized carbons (Fsp3) is 0.529. The van der Waals surface area contributed by atoms with Crippen molar-refractivity contribution >= 4 is 17.5 Å². The number of amides is 2. The van der Waals surface area contributed by atoms with Crippen LogP contribution in [0.1, 0.15) is 29.4 Å². The summed E-state index contributed by atoms with van der Waals surface area (Å²) >= 11 is 0. The number of nitrogens with one attached hydrogen (secondary N) is 1. The van der Waals surface area contributed by atoms with Crippen molar-refractivity contribution in [2.24, 2.45) is 0 Å². The molecule has 140 valence electrons. The number of ether oxygens (including phenoxy) is 1. The number of aromatic nitrogens is 4. The highest BCUT2D eigenvalue weighted by atomic mass is 16.5. The van der Waals surface area contributed by atoms with Gasteiger partial charge >= 0.3 is 0 Å². The van der Waals surface area contributed by atoms with Gasteiger partial charge in [-0.1, -0.05) is 0 Å². The Morgan fingerprint density at radius 2 is 2.00 bits per heavy atom. The number of aryl methyl sites for hydroxylation is 3. The van der Waals surface area contributed by atoms with Gasteiger partial charge in [-0.25, -0.2) is 0 Å². The van der Waals surface area contributed by atoms with E-state index in [0.717, 1.165) is 5.56 Å². The molecule has 1 aliphatic rings. The maximum atomic E-state index is 12.9. The van der Waals surface area contributed by atoms with Gasteiger partial charge in [-0.2, -0.15) is 10.2 Å². The van der Waals surface area contributed by atoms with Crippen LogP contribution in [0.5, 0.6) is 0 Å². The lowest BCUT2D eigenvalue weighted by molar-refractivity contribution is -0.116. The van der Waals surface area contributed by atoms with Gasteiger partial charge in [-0.15, -0.1) is 0 Å². The Balaban J connectivity index is 1.68. The number of nitrogens with zero attached hydrogens (tertiary/aromatic N) is 5. The Morgan fingerprint density at radius 3 is 2.65 bits per heavy atom. The Kier molecular flexibility index (Phi) is 5.67. The molecule has 2 aromatic heterocycles. The van der Waals surface area contributed by atoms with Crippen LogP contribution < -0.4 is 5.32 Å². The van der Waals surface area contributed by atoms with Crippen LogP contribution in [-0.2, 0) is 22.6 Å². The summed E-state index contributed by atoms with van der Waals surface area (Å²) in [6, 6.07) is 0. The summed E-state index contributed by atoms with van der Waals surface area (Å²) in [6.45, 7) is 7.02. The third-order valence-electron chi connectivity index (χ3n) is 4.24. The van der Waals surface area contributed by atoms with Crippen molar-refractivity contribution in [3.63, 3.8) is 0 Å². The van der Waals surface area contributed by atoms with Gasteiger partial charge in [0, 0.05) is 38.8 Å². The summed E-state index contributed by atoms with van der Waals surface area (Å²) < 4.78 is 8.64. The zero-order chi connectivity index (χ0) is 18.5. The van der Waals surface area contributed by atoms with E-state index in [0.29, 0.717) is 50.8 Å². The lowest BCUT2D eigenvalue weighted by Crippen LogP contribution is -2.41. The van der Waals surface area contributed by atoms with Crippen LogP contribution in [0.15, 0.2) is 18.6 Å². The summed E-state index contributed by atoms with van der Waals surface area (Å²) in [5.41, 5.74) is 1.91. The van der Waals surface area contributed by atoms with Gasteiger partial charge in [-0.3, -0.25) is 19.0 Å². The van der Waals surface area contributed by atoms with Gasteiger partial charge in [0.15, 0.2) is 0 Å². The zero-order valence-electron chi connectivity index (χ0n) is 15.1. The quantitative estimate of drug-likeness (QED) is 0.826. The van der Waals surface area contributed by atoms with Crippen molar-refractivity contribution < 1.29 is 14.3 Å². The molecule has 1 N–H and O–H groups in total. The number of carbonyl (C=O) groups excluding carboxylic acids is 2. The molecule has 1 aliphatic heterocycles. The first-order valence-corrected chi connectivity index (χ1v) is 8.80. The molecule has 3 rings (SSSR count). The molecule has 0 saturated carbocycles. The molecule has 0 radical (unpaired) electrons. The minimum absolute atomic E-state index is 0.134. The van der Waals surface area contributed by atoms with Gasteiger partial charge < -0.3 is 15.0 Å². The van der Waals surface area contributed by atoms with Crippen LogP contribution in [-0.4, -0.2) is 62.6 Å². The molecule has 1 fully saturated rings. The largest absolute Gasteiger partial charge is 0.378 e. The lowest BCUT2D eigenvalue weighted by atomic mass is 10.2. The molecule has 0 aliphatic carbocycles. The molecule has 0 spiro atoms. The molecular weight excluding hydrogens is 336 g/mol. The number of rotatable bonds is 6. The van der Waals surface area contributed by atoms with E-state index in [-0.39, 0.29) is 18.2 Å². The van der Waals surface area contributed by atoms with Crippen LogP contribution in [0.2, 0.25) is 0 Å².